The molecule has 1 aromatic carbocycles. The third-order valence-corrected chi connectivity index (χ3v) is 4.51. The Morgan fingerprint density at radius 1 is 1.26 bits per heavy atom. The Hall–Kier alpha value is -1.59. The van der Waals surface area contributed by atoms with Crippen LogP contribution in [-0.2, 0) is 4.79 Å². The molecule has 1 fully saturated rings. The third kappa shape index (κ3) is 4.69. The maximum Gasteiger partial charge on any atom is 0.224 e. The molecule has 1 aliphatic rings. The number of hydrogen-bond donors (Lipinski definition) is 2. The van der Waals surface area contributed by atoms with Gasteiger partial charge in [0.25, 0.3) is 0 Å². The normalized spacial score (nSPS) is 17.7. The van der Waals surface area contributed by atoms with Gasteiger partial charge in [-0.3, -0.25) is 9.69 Å². The fourth-order valence-electron chi connectivity index (χ4n) is 3.20. The number of carbonyl (C=O) groups is 1. The standard InChI is InChI=1S/C18H29N3O2/c1-14(12-19-2)18(22)20-13-16(21-10-6-7-11-21)15-8-4-5-9-17(15)23-3/h4-5,8-9,14,16,19H,6-7,10-13H2,1-3H3,(H,20,22). The van der Waals surface area contributed by atoms with Gasteiger partial charge in [-0.2, -0.15) is 0 Å². The van der Waals surface area contributed by atoms with Crippen molar-refractivity contribution in [1.82, 2.24) is 15.5 Å². The molecule has 1 saturated heterocycles. The summed E-state index contributed by atoms with van der Waals surface area (Å²) in [4.78, 5) is 14.7. The lowest BCUT2D eigenvalue weighted by atomic mass is 10.0. The Balaban J connectivity index is 2.10. The zero-order valence-corrected chi connectivity index (χ0v) is 14.5. The topological polar surface area (TPSA) is 53.6 Å². The largest absolute Gasteiger partial charge is 0.496 e. The Labute approximate surface area is 139 Å². The van der Waals surface area contributed by atoms with Crippen molar-refractivity contribution in [2.24, 2.45) is 5.92 Å². The van der Waals surface area contributed by atoms with Gasteiger partial charge in [-0.25, -0.2) is 0 Å². The molecule has 2 rings (SSSR count). The van der Waals surface area contributed by atoms with Crippen LogP contribution < -0.4 is 15.4 Å². The molecule has 1 amide bonds. The molecule has 0 bridgehead atoms. The molecule has 2 N–H and O–H groups in total. The number of methoxy groups -OCH3 is 1. The fraction of sp³-hybridized carbons (Fsp3) is 0.611. The number of hydrogen-bond acceptors (Lipinski definition) is 4. The minimum atomic E-state index is -0.0307. The van der Waals surface area contributed by atoms with Gasteiger partial charge >= 0.3 is 0 Å². The molecule has 2 atom stereocenters. The lowest BCUT2D eigenvalue weighted by molar-refractivity contribution is -0.124. The predicted molar refractivity (Wildman–Crippen MR) is 92.6 cm³/mol. The van der Waals surface area contributed by atoms with E-state index in [2.05, 4.69) is 21.6 Å². The first-order valence-electron chi connectivity index (χ1n) is 8.46. The number of ether oxygens (including phenoxy) is 1. The van der Waals surface area contributed by atoms with Crippen LogP contribution in [0.3, 0.4) is 0 Å². The van der Waals surface area contributed by atoms with E-state index >= 15 is 0 Å². The van der Waals surface area contributed by atoms with E-state index in [1.165, 1.54) is 12.8 Å². The van der Waals surface area contributed by atoms with Crippen molar-refractivity contribution in [2.45, 2.75) is 25.8 Å². The van der Waals surface area contributed by atoms with Gasteiger partial charge in [0.05, 0.1) is 13.2 Å². The summed E-state index contributed by atoms with van der Waals surface area (Å²) in [5.74, 6) is 0.956. The quantitative estimate of drug-likeness (QED) is 0.767. The summed E-state index contributed by atoms with van der Waals surface area (Å²) in [6, 6.07) is 8.28. The van der Waals surface area contributed by atoms with Crippen molar-refractivity contribution in [3.05, 3.63) is 29.8 Å². The van der Waals surface area contributed by atoms with Crippen molar-refractivity contribution in [1.29, 1.82) is 0 Å². The second-order valence-electron chi connectivity index (χ2n) is 6.20. The van der Waals surface area contributed by atoms with E-state index in [0.717, 1.165) is 24.4 Å². The number of likely N-dealkylation sites (tertiary alicyclic amines) is 1. The second kappa shape index (κ2) is 8.89. The smallest absolute Gasteiger partial charge is 0.224 e. The number of nitrogens with one attached hydrogen (secondary N) is 2. The van der Waals surface area contributed by atoms with Crippen LogP contribution in [0, 0.1) is 5.92 Å². The molecule has 128 valence electrons. The van der Waals surface area contributed by atoms with Gasteiger partial charge in [-0.1, -0.05) is 25.1 Å². The predicted octanol–water partition coefficient (Wildman–Crippen LogP) is 1.80. The molecule has 1 aromatic rings. The van der Waals surface area contributed by atoms with Gasteiger partial charge in [0.2, 0.25) is 5.91 Å². The first-order chi connectivity index (χ1) is 11.2. The van der Waals surface area contributed by atoms with Crippen molar-refractivity contribution >= 4 is 5.91 Å². The molecular weight excluding hydrogens is 290 g/mol. The summed E-state index contributed by atoms with van der Waals surface area (Å²) in [6.45, 7) is 5.40. The van der Waals surface area contributed by atoms with Gasteiger partial charge in [-0.15, -0.1) is 0 Å². The molecule has 0 saturated carbocycles. The number of para-hydroxylation sites is 1. The highest BCUT2D eigenvalue weighted by Crippen LogP contribution is 2.31. The molecule has 23 heavy (non-hydrogen) atoms. The molecule has 1 aliphatic heterocycles. The van der Waals surface area contributed by atoms with E-state index in [9.17, 15) is 4.79 Å². The number of nitrogens with zero attached hydrogens (tertiary/aromatic N) is 1. The van der Waals surface area contributed by atoms with Crippen LogP contribution in [-0.4, -0.2) is 51.1 Å². The second-order valence-corrected chi connectivity index (χ2v) is 6.20. The Bertz CT molecular complexity index is 501. The highest BCUT2D eigenvalue weighted by atomic mass is 16.5. The average Bonchev–Trinajstić information content (AvgIpc) is 3.09. The minimum absolute atomic E-state index is 0.0307. The van der Waals surface area contributed by atoms with Gasteiger partial charge < -0.3 is 15.4 Å². The summed E-state index contributed by atoms with van der Waals surface area (Å²) in [5, 5.41) is 6.17. The third-order valence-electron chi connectivity index (χ3n) is 4.51. The summed E-state index contributed by atoms with van der Waals surface area (Å²) in [6.07, 6.45) is 2.44. The number of carbonyl (C=O) groups excluding carboxylic acids is 1. The highest BCUT2D eigenvalue weighted by molar-refractivity contribution is 5.78. The van der Waals surface area contributed by atoms with E-state index in [1.807, 2.05) is 32.2 Å². The SMILES string of the molecule is CNCC(C)C(=O)NCC(c1ccccc1OC)N1CCCC1. The molecule has 2 unspecified atom stereocenters. The number of amides is 1. The molecule has 5 nitrogen and oxygen atoms in total. The fourth-order valence-corrected chi connectivity index (χ4v) is 3.20. The van der Waals surface area contributed by atoms with E-state index in [0.29, 0.717) is 13.1 Å². The first-order valence-corrected chi connectivity index (χ1v) is 8.46. The van der Waals surface area contributed by atoms with Crippen LogP contribution in [0.5, 0.6) is 5.75 Å². The number of rotatable bonds is 8. The Kier molecular flexibility index (Phi) is 6.86. The van der Waals surface area contributed by atoms with Gasteiger partial charge in [0, 0.05) is 24.6 Å². The average molecular weight is 319 g/mol. The van der Waals surface area contributed by atoms with Crippen LogP contribution in [0.4, 0.5) is 0 Å². The lowest BCUT2D eigenvalue weighted by Crippen LogP contribution is -2.40. The van der Waals surface area contributed by atoms with E-state index in [-0.39, 0.29) is 17.9 Å². The molecule has 1 heterocycles. The van der Waals surface area contributed by atoms with Crippen LogP contribution in [0.15, 0.2) is 24.3 Å². The summed E-state index contributed by atoms with van der Waals surface area (Å²) < 4.78 is 5.53. The van der Waals surface area contributed by atoms with Crippen molar-refractivity contribution in [2.75, 3.05) is 40.3 Å². The van der Waals surface area contributed by atoms with Crippen molar-refractivity contribution in [3.63, 3.8) is 0 Å². The van der Waals surface area contributed by atoms with Gasteiger partial charge in [0.15, 0.2) is 0 Å². The minimum Gasteiger partial charge on any atom is -0.496 e. The zero-order chi connectivity index (χ0) is 16.7. The molecule has 0 radical (unpaired) electrons. The monoisotopic (exact) mass is 319 g/mol. The van der Waals surface area contributed by atoms with Gasteiger partial charge in [0.1, 0.15) is 5.75 Å². The zero-order valence-electron chi connectivity index (χ0n) is 14.5. The lowest BCUT2D eigenvalue weighted by Gasteiger charge is -2.29. The molecule has 0 aromatic heterocycles. The van der Waals surface area contributed by atoms with Crippen LogP contribution in [0.1, 0.15) is 31.4 Å². The maximum atomic E-state index is 12.2. The van der Waals surface area contributed by atoms with Gasteiger partial charge in [-0.05, 0) is 39.0 Å². The van der Waals surface area contributed by atoms with Crippen LogP contribution in [0.2, 0.25) is 0 Å². The molecule has 0 spiro atoms. The first kappa shape index (κ1) is 17.8. The Morgan fingerprint density at radius 2 is 1.96 bits per heavy atom. The van der Waals surface area contributed by atoms with E-state index in [1.54, 1.807) is 7.11 Å². The van der Waals surface area contributed by atoms with Crippen molar-refractivity contribution in [3.8, 4) is 5.75 Å². The highest BCUT2D eigenvalue weighted by Gasteiger charge is 2.26. The molecular formula is C18H29N3O2. The summed E-state index contributed by atoms with van der Waals surface area (Å²) >= 11 is 0. The maximum absolute atomic E-state index is 12.2. The summed E-state index contributed by atoms with van der Waals surface area (Å²) in [5.41, 5.74) is 1.15. The molecule has 5 heteroatoms. The van der Waals surface area contributed by atoms with Crippen molar-refractivity contribution < 1.29 is 9.53 Å². The number of benzene rings is 1. The summed E-state index contributed by atoms with van der Waals surface area (Å²) in [7, 11) is 3.57. The molecule has 0 aliphatic carbocycles. The van der Waals surface area contributed by atoms with E-state index in [4.69, 9.17) is 4.74 Å². The van der Waals surface area contributed by atoms with Crippen LogP contribution >= 0.6 is 0 Å². The van der Waals surface area contributed by atoms with Crippen LogP contribution in [0.25, 0.3) is 0 Å². The Morgan fingerprint density at radius 3 is 2.61 bits per heavy atom. The van der Waals surface area contributed by atoms with E-state index < -0.39 is 0 Å².